The van der Waals surface area contributed by atoms with E-state index in [0.29, 0.717) is 24.8 Å². The lowest BCUT2D eigenvalue weighted by atomic mass is 9.96. The van der Waals surface area contributed by atoms with Crippen molar-refractivity contribution < 1.29 is 18.8 Å². The van der Waals surface area contributed by atoms with Crippen LogP contribution in [0.1, 0.15) is 54.4 Å². The van der Waals surface area contributed by atoms with E-state index in [1.165, 1.54) is 0 Å². The zero-order valence-electron chi connectivity index (χ0n) is 13.0. The van der Waals surface area contributed by atoms with E-state index in [9.17, 15) is 9.59 Å². The first-order chi connectivity index (χ1) is 10.7. The molecule has 3 rings (SSSR count). The smallest absolute Gasteiger partial charge is 0.325 e. The Morgan fingerprint density at radius 3 is 2.82 bits per heavy atom. The number of amides is 1. The first kappa shape index (κ1) is 15.1. The van der Waals surface area contributed by atoms with Gasteiger partial charge in [0.1, 0.15) is 12.3 Å². The topological polar surface area (TPSA) is 72.6 Å². The fourth-order valence-corrected chi connectivity index (χ4v) is 2.90. The maximum atomic E-state index is 12.8. The molecule has 1 heterocycles. The van der Waals surface area contributed by atoms with Gasteiger partial charge in [-0.25, -0.2) is 0 Å². The second-order valence-corrected chi connectivity index (χ2v) is 6.07. The van der Waals surface area contributed by atoms with Crippen LogP contribution in [0.25, 0.3) is 0 Å². The molecule has 0 bridgehead atoms. The molecule has 0 aromatic carbocycles. The largest absolute Gasteiger partial charge is 0.465 e. The molecule has 1 aromatic rings. The Morgan fingerprint density at radius 1 is 1.32 bits per heavy atom. The maximum absolute atomic E-state index is 12.8. The number of carbonyl (C=O) groups excluding carboxylic acids is 2. The van der Waals surface area contributed by atoms with Gasteiger partial charge < -0.3 is 14.2 Å². The molecule has 1 saturated carbocycles. The number of esters is 1. The second kappa shape index (κ2) is 6.50. The van der Waals surface area contributed by atoms with E-state index >= 15 is 0 Å². The van der Waals surface area contributed by atoms with Crippen LogP contribution in [0.2, 0.25) is 0 Å². The van der Waals surface area contributed by atoms with Crippen LogP contribution in [0.4, 0.5) is 0 Å². The van der Waals surface area contributed by atoms with E-state index in [1.807, 2.05) is 0 Å². The zero-order chi connectivity index (χ0) is 15.5. The summed E-state index contributed by atoms with van der Waals surface area (Å²) in [7, 11) is 0. The van der Waals surface area contributed by atoms with Crippen molar-refractivity contribution in [2.45, 2.75) is 45.4 Å². The fraction of sp³-hybridized carbons (Fsp3) is 0.688. The first-order valence-corrected chi connectivity index (χ1v) is 8.11. The molecule has 0 unspecified atom stereocenters. The lowest BCUT2D eigenvalue weighted by Crippen LogP contribution is -2.38. The third kappa shape index (κ3) is 3.31. The lowest BCUT2D eigenvalue weighted by molar-refractivity contribution is -0.143. The number of aryl methyl sites for hydroxylation is 1. The molecule has 0 N–H and O–H groups in total. The molecule has 1 amide bonds. The Labute approximate surface area is 129 Å². The van der Waals surface area contributed by atoms with E-state index < -0.39 is 0 Å². The Balaban J connectivity index is 1.75. The first-order valence-electron chi connectivity index (χ1n) is 8.11. The van der Waals surface area contributed by atoms with Gasteiger partial charge in [0.05, 0.1) is 6.61 Å². The molecule has 1 fully saturated rings. The van der Waals surface area contributed by atoms with E-state index in [2.05, 4.69) is 5.16 Å². The van der Waals surface area contributed by atoms with E-state index in [-0.39, 0.29) is 18.4 Å². The monoisotopic (exact) mass is 306 g/mol. The molecule has 22 heavy (non-hydrogen) atoms. The van der Waals surface area contributed by atoms with Crippen molar-refractivity contribution >= 4 is 11.9 Å². The highest BCUT2D eigenvalue weighted by Crippen LogP contribution is 2.31. The molecule has 6 heteroatoms. The minimum absolute atomic E-state index is 0.00912. The van der Waals surface area contributed by atoms with Crippen LogP contribution < -0.4 is 0 Å². The van der Waals surface area contributed by atoms with Crippen molar-refractivity contribution in [3.8, 4) is 0 Å². The van der Waals surface area contributed by atoms with Crippen LogP contribution in [0, 0.1) is 5.92 Å². The highest BCUT2D eigenvalue weighted by molar-refractivity contribution is 5.95. The van der Waals surface area contributed by atoms with Gasteiger partial charge in [0.15, 0.2) is 5.69 Å². The number of carbonyl (C=O) groups is 2. The number of aromatic nitrogens is 1. The molecule has 6 nitrogen and oxygen atoms in total. The average molecular weight is 306 g/mol. The standard InChI is InChI=1S/C16H22N2O4/c1-2-21-14(19)10-18(9-11-7-8-11)16(20)15-12-5-3-4-6-13(12)22-17-15/h11H,2-10H2,1H3. The van der Waals surface area contributed by atoms with Gasteiger partial charge in [-0.3, -0.25) is 9.59 Å². The molecule has 1 aromatic heterocycles. The van der Waals surface area contributed by atoms with Gasteiger partial charge in [-0.2, -0.15) is 0 Å². The minimum Gasteiger partial charge on any atom is -0.465 e. The molecular formula is C16H22N2O4. The summed E-state index contributed by atoms with van der Waals surface area (Å²) in [6.07, 6.45) is 6.03. The van der Waals surface area contributed by atoms with Crippen LogP contribution in [-0.2, 0) is 22.4 Å². The Morgan fingerprint density at radius 2 is 2.09 bits per heavy atom. The zero-order valence-corrected chi connectivity index (χ0v) is 13.0. The van der Waals surface area contributed by atoms with Crippen LogP contribution >= 0.6 is 0 Å². The quantitative estimate of drug-likeness (QED) is 0.751. The van der Waals surface area contributed by atoms with Crippen molar-refractivity contribution in [2.75, 3.05) is 19.7 Å². The third-order valence-electron chi connectivity index (χ3n) is 4.24. The SMILES string of the molecule is CCOC(=O)CN(CC1CC1)C(=O)c1noc2c1CCCC2. The fourth-order valence-electron chi connectivity index (χ4n) is 2.90. The summed E-state index contributed by atoms with van der Waals surface area (Å²) in [5, 5.41) is 3.98. The molecular weight excluding hydrogens is 284 g/mol. The van der Waals surface area contributed by atoms with Crippen molar-refractivity contribution in [1.29, 1.82) is 0 Å². The van der Waals surface area contributed by atoms with E-state index in [4.69, 9.17) is 9.26 Å². The van der Waals surface area contributed by atoms with Crippen molar-refractivity contribution in [3.05, 3.63) is 17.0 Å². The summed E-state index contributed by atoms with van der Waals surface area (Å²) in [5.41, 5.74) is 1.32. The van der Waals surface area contributed by atoms with Crippen LogP contribution in [-0.4, -0.2) is 41.6 Å². The Kier molecular flexibility index (Phi) is 4.45. The van der Waals surface area contributed by atoms with E-state index in [0.717, 1.165) is 49.8 Å². The van der Waals surface area contributed by atoms with Gasteiger partial charge in [0, 0.05) is 18.5 Å². The molecule has 0 atom stereocenters. The molecule has 120 valence electrons. The van der Waals surface area contributed by atoms with Gasteiger partial charge >= 0.3 is 5.97 Å². The molecule has 0 saturated heterocycles. The third-order valence-corrected chi connectivity index (χ3v) is 4.24. The number of nitrogens with zero attached hydrogens (tertiary/aromatic N) is 2. The summed E-state index contributed by atoms with van der Waals surface area (Å²) in [6, 6.07) is 0. The van der Waals surface area contributed by atoms with Crippen molar-refractivity contribution in [1.82, 2.24) is 10.1 Å². The van der Waals surface area contributed by atoms with Gasteiger partial charge in [0.25, 0.3) is 5.91 Å². The number of hydrogen-bond acceptors (Lipinski definition) is 5. The minimum atomic E-state index is -0.367. The number of rotatable bonds is 6. The van der Waals surface area contributed by atoms with Gasteiger partial charge in [-0.15, -0.1) is 0 Å². The number of fused-ring (bicyclic) bond motifs is 1. The molecule has 2 aliphatic rings. The normalized spacial score (nSPS) is 17.0. The summed E-state index contributed by atoms with van der Waals surface area (Å²) < 4.78 is 10.3. The van der Waals surface area contributed by atoms with Crippen LogP contribution in [0.5, 0.6) is 0 Å². The molecule has 2 aliphatic carbocycles. The van der Waals surface area contributed by atoms with Gasteiger partial charge in [0.2, 0.25) is 0 Å². The predicted molar refractivity (Wildman–Crippen MR) is 78.4 cm³/mol. The van der Waals surface area contributed by atoms with Gasteiger partial charge in [-0.05, 0) is 44.9 Å². The molecule has 0 radical (unpaired) electrons. The lowest BCUT2D eigenvalue weighted by Gasteiger charge is -2.21. The number of ether oxygens (including phenoxy) is 1. The summed E-state index contributed by atoms with van der Waals surface area (Å²) in [4.78, 5) is 26.1. The average Bonchev–Trinajstić information content (AvgIpc) is 3.22. The molecule has 0 aliphatic heterocycles. The summed E-state index contributed by atoms with van der Waals surface area (Å²) in [5.74, 6) is 0.763. The predicted octanol–water partition coefficient (Wildman–Crippen LogP) is 1.97. The summed E-state index contributed by atoms with van der Waals surface area (Å²) in [6.45, 7) is 2.67. The van der Waals surface area contributed by atoms with Crippen molar-refractivity contribution in [2.24, 2.45) is 5.92 Å². The second-order valence-electron chi connectivity index (χ2n) is 6.07. The maximum Gasteiger partial charge on any atom is 0.325 e. The highest BCUT2D eigenvalue weighted by Gasteiger charge is 2.32. The van der Waals surface area contributed by atoms with Crippen LogP contribution in [0.15, 0.2) is 4.52 Å². The van der Waals surface area contributed by atoms with Crippen LogP contribution in [0.3, 0.4) is 0 Å². The summed E-state index contributed by atoms with van der Waals surface area (Å²) >= 11 is 0. The number of hydrogen-bond donors (Lipinski definition) is 0. The highest BCUT2D eigenvalue weighted by atomic mass is 16.5. The van der Waals surface area contributed by atoms with E-state index in [1.54, 1.807) is 11.8 Å². The Hall–Kier alpha value is -1.85. The Bertz CT molecular complexity index is 562. The van der Waals surface area contributed by atoms with Gasteiger partial charge in [-0.1, -0.05) is 5.16 Å². The molecule has 0 spiro atoms. The van der Waals surface area contributed by atoms with Crippen molar-refractivity contribution in [3.63, 3.8) is 0 Å².